The fourth-order valence-corrected chi connectivity index (χ4v) is 1.75. The van der Waals surface area contributed by atoms with Crippen molar-refractivity contribution in [1.82, 2.24) is 14.8 Å². The Morgan fingerprint density at radius 2 is 1.95 bits per heavy atom. The van der Waals surface area contributed by atoms with Crippen LogP contribution in [0.25, 0.3) is 11.4 Å². The first-order valence-electron chi connectivity index (χ1n) is 6.98. The highest BCUT2D eigenvalue weighted by Crippen LogP contribution is 2.15. The lowest BCUT2D eigenvalue weighted by atomic mass is 10.1. The highest BCUT2D eigenvalue weighted by molar-refractivity contribution is 5.57. The van der Waals surface area contributed by atoms with Crippen molar-refractivity contribution in [3.05, 3.63) is 30.6 Å². The van der Waals surface area contributed by atoms with Gasteiger partial charge in [0.15, 0.2) is 5.82 Å². The van der Waals surface area contributed by atoms with Crippen molar-refractivity contribution < 1.29 is 4.74 Å². The third-order valence-corrected chi connectivity index (χ3v) is 3.01. The number of rotatable bonds is 7. The average molecular weight is 274 g/mol. The van der Waals surface area contributed by atoms with Gasteiger partial charge in [-0.1, -0.05) is 13.8 Å². The maximum absolute atomic E-state index is 5.66. The number of nitrogens with two attached hydrogens (primary N) is 1. The van der Waals surface area contributed by atoms with E-state index in [1.807, 2.05) is 24.3 Å². The third kappa shape index (κ3) is 4.35. The molecule has 0 atom stereocenters. The monoisotopic (exact) mass is 274 g/mol. The molecule has 20 heavy (non-hydrogen) atoms. The summed E-state index contributed by atoms with van der Waals surface area (Å²) >= 11 is 0. The van der Waals surface area contributed by atoms with E-state index in [0.29, 0.717) is 18.3 Å². The molecule has 0 spiro atoms. The molecule has 5 nitrogen and oxygen atoms in total. The van der Waals surface area contributed by atoms with E-state index in [0.717, 1.165) is 30.8 Å². The Balaban J connectivity index is 1.82. The predicted molar refractivity (Wildman–Crippen MR) is 80.1 cm³/mol. The third-order valence-electron chi connectivity index (χ3n) is 3.01. The largest absolute Gasteiger partial charge is 0.399 e. The lowest BCUT2D eigenvalue weighted by Crippen LogP contribution is -2.08. The van der Waals surface area contributed by atoms with Crippen molar-refractivity contribution in [3.63, 3.8) is 0 Å². The Bertz CT molecular complexity index is 519. The van der Waals surface area contributed by atoms with Crippen molar-refractivity contribution in [2.24, 2.45) is 5.92 Å². The maximum Gasteiger partial charge on any atom is 0.181 e. The summed E-state index contributed by atoms with van der Waals surface area (Å²) in [5.74, 6) is 1.39. The van der Waals surface area contributed by atoms with Gasteiger partial charge >= 0.3 is 0 Å². The maximum atomic E-state index is 5.66. The van der Waals surface area contributed by atoms with Crippen LogP contribution in [-0.4, -0.2) is 28.0 Å². The molecule has 1 aromatic heterocycles. The molecule has 2 N–H and O–H groups in total. The lowest BCUT2D eigenvalue weighted by Gasteiger charge is -2.06. The van der Waals surface area contributed by atoms with Gasteiger partial charge in [0.2, 0.25) is 0 Å². The summed E-state index contributed by atoms with van der Waals surface area (Å²) in [6, 6.07) is 7.55. The molecule has 2 aromatic rings. The second kappa shape index (κ2) is 7.05. The van der Waals surface area contributed by atoms with E-state index in [4.69, 9.17) is 10.5 Å². The number of hydrogen-bond donors (Lipinski definition) is 1. The molecule has 1 heterocycles. The van der Waals surface area contributed by atoms with E-state index in [1.54, 1.807) is 11.0 Å². The van der Waals surface area contributed by atoms with Crippen LogP contribution in [0.1, 0.15) is 20.3 Å². The van der Waals surface area contributed by atoms with Crippen LogP contribution in [0.3, 0.4) is 0 Å². The van der Waals surface area contributed by atoms with Crippen LogP contribution in [0.5, 0.6) is 0 Å². The van der Waals surface area contributed by atoms with Crippen LogP contribution in [0, 0.1) is 5.92 Å². The second-order valence-electron chi connectivity index (χ2n) is 5.25. The summed E-state index contributed by atoms with van der Waals surface area (Å²) in [6.45, 7) is 6.58. The van der Waals surface area contributed by atoms with Gasteiger partial charge in [-0.3, -0.25) is 4.68 Å². The molecule has 0 saturated heterocycles. The Morgan fingerprint density at radius 1 is 1.20 bits per heavy atom. The van der Waals surface area contributed by atoms with Crippen LogP contribution in [-0.2, 0) is 11.3 Å². The zero-order chi connectivity index (χ0) is 14.4. The Labute approximate surface area is 119 Å². The summed E-state index contributed by atoms with van der Waals surface area (Å²) in [5.41, 5.74) is 7.38. The quantitative estimate of drug-likeness (QED) is 0.622. The zero-order valence-corrected chi connectivity index (χ0v) is 12.1. The number of hydrogen-bond acceptors (Lipinski definition) is 4. The number of nitrogen functional groups attached to an aromatic ring is 1. The number of ether oxygens (including phenoxy) is 1. The molecule has 1 aromatic carbocycles. The average Bonchev–Trinajstić information content (AvgIpc) is 2.87. The lowest BCUT2D eigenvalue weighted by molar-refractivity contribution is 0.114. The van der Waals surface area contributed by atoms with Crippen molar-refractivity contribution in [2.45, 2.75) is 26.8 Å². The van der Waals surface area contributed by atoms with Gasteiger partial charge in [0.1, 0.15) is 6.33 Å². The summed E-state index contributed by atoms with van der Waals surface area (Å²) < 4.78 is 7.38. The van der Waals surface area contributed by atoms with Gasteiger partial charge < -0.3 is 10.5 Å². The number of aromatic nitrogens is 3. The SMILES string of the molecule is CC(C)CCOCCn1cnc(-c2ccc(N)cc2)n1. The Kier molecular flexibility index (Phi) is 5.12. The van der Waals surface area contributed by atoms with Crippen LogP contribution in [0.2, 0.25) is 0 Å². The predicted octanol–water partition coefficient (Wildman–Crippen LogP) is 2.59. The standard InChI is InChI=1S/C15H22N4O/c1-12(2)7-9-20-10-8-19-11-17-15(18-19)13-3-5-14(16)6-4-13/h3-6,11-12H,7-10,16H2,1-2H3. The van der Waals surface area contributed by atoms with Crippen molar-refractivity contribution in [2.75, 3.05) is 18.9 Å². The fraction of sp³-hybridized carbons (Fsp3) is 0.467. The van der Waals surface area contributed by atoms with Crippen molar-refractivity contribution >= 4 is 5.69 Å². The molecule has 0 saturated carbocycles. The molecule has 5 heteroatoms. The molecule has 0 amide bonds. The van der Waals surface area contributed by atoms with Crippen LogP contribution >= 0.6 is 0 Å². The summed E-state index contributed by atoms with van der Waals surface area (Å²) in [5, 5.41) is 4.43. The van der Waals surface area contributed by atoms with E-state index >= 15 is 0 Å². The first kappa shape index (κ1) is 14.5. The van der Waals surface area contributed by atoms with E-state index in [-0.39, 0.29) is 0 Å². The molecule has 0 fully saturated rings. The Morgan fingerprint density at radius 3 is 2.65 bits per heavy atom. The summed E-state index contributed by atoms with van der Waals surface area (Å²) in [4.78, 5) is 4.30. The first-order valence-corrected chi connectivity index (χ1v) is 6.98. The van der Waals surface area contributed by atoms with E-state index in [9.17, 15) is 0 Å². The molecule has 0 radical (unpaired) electrons. The smallest absolute Gasteiger partial charge is 0.181 e. The molecule has 0 aliphatic rings. The van der Waals surface area contributed by atoms with Gasteiger partial charge in [0, 0.05) is 17.9 Å². The minimum atomic E-state index is 0.664. The normalized spacial score (nSPS) is 11.2. The highest BCUT2D eigenvalue weighted by atomic mass is 16.5. The summed E-state index contributed by atoms with van der Waals surface area (Å²) in [7, 11) is 0. The Hall–Kier alpha value is -1.88. The van der Waals surface area contributed by atoms with Crippen molar-refractivity contribution in [3.8, 4) is 11.4 Å². The van der Waals surface area contributed by atoms with Gasteiger partial charge in [-0.25, -0.2) is 4.98 Å². The van der Waals surface area contributed by atoms with Gasteiger partial charge in [0.05, 0.1) is 13.2 Å². The molecule has 0 unspecified atom stereocenters. The van der Waals surface area contributed by atoms with Gasteiger partial charge in [-0.2, -0.15) is 5.10 Å². The van der Waals surface area contributed by atoms with Crippen molar-refractivity contribution in [1.29, 1.82) is 0 Å². The molecule has 2 rings (SSSR count). The van der Waals surface area contributed by atoms with Crippen LogP contribution in [0.15, 0.2) is 30.6 Å². The van der Waals surface area contributed by atoms with E-state index < -0.39 is 0 Å². The number of anilines is 1. The van der Waals surface area contributed by atoms with E-state index in [1.165, 1.54) is 0 Å². The topological polar surface area (TPSA) is 66.0 Å². The zero-order valence-electron chi connectivity index (χ0n) is 12.1. The van der Waals surface area contributed by atoms with Gasteiger partial charge in [-0.15, -0.1) is 0 Å². The minimum Gasteiger partial charge on any atom is -0.399 e. The molecule has 0 aliphatic heterocycles. The van der Waals surface area contributed by atoms with Gasteiger partial charge in [0.25, 0.3) is 0 Å². The number of benzene rings is 1. The molecular weight excluding hydrogens is 252 g/mol. The minimum absolute atomic E-state index is 0.664. The summed E-state index contributed by atoms with van der Waals surface area (Å²) in [6.07, 6.45) is 2.82. The fourth-order valence-electron chi connectivity index (χ4n) is 1.75. The van der Waals surface area contributed by atoms with Gasteiger partial charge in [-0.05, 0) is 36.6 Å². The first-order chi connectivity index (χ1) is 9.65. The molecule has 108 valence electrons. The highest BCUT2D eigenvalue weighted by Gasteiger charge is 2.04. The number of nitrogens with zero attached hydrogens (tertiary/aromatic N) is 3. The van der Waals surface area contributed by atoms with Crippen LogP contribution < -0.4 is 5.73 Å². The van der Waals surface area contributed by atoms with Crippen LogP contribution in [0.4, 0.5) is 5.69 Å². The second-order valence-corrected chi connectivity index (χ2v) is 5.25. The molecular formula is C15H22N4O. The molecule has 0 bridgehead atoms. The van der Waals surface area contributed by atoms with E-state index in [2.05, 4.69) is 23.9 Å². The molecule has 0 aliphatic carbocycles.